The van der Waals surface area contributed by atoms with Gasteiger partial charge in [-0.25, -0.2) is 4.98 Å². The number of imidazole rings is 1. The summed E-state index contributed by atoms with van der Waals surface area (Å²) in [6.07, 6.45) is 3.89. The van der Waals surface area contributed by atoms with E-state index in [9.17, 15) is 4.79 Å². The Labute approximate surface area is 92.1 Å². The topological polar surface area (TPSA) is 44.1 Å². The predicted octanol–water partition coefficient (Wildman–Crippen LogP) is 1.16. The lowest BCUT2D eigenvalue weighted by atomic mass is 9.89. The van der Waals surface area contributed by atoms with Crippen molar-refractivity contribution in [1.29, 1.82) is 0 Å². The maximum Gasteiger partial charge on any atom is 0.309 e. The molecule has 0 bridgehead atoms. The van der Waals surface area contributed by atoms with Crippen molar-refractivity contribution in [3.63, 3.8) is 0 Å². The molecule has 0 aliphatic carbocycles. The van der Waals surface area contributed by atoms with Crippen LogP contribution in [0, 0.1) is 11.8 Å². The van der Waals surface area contributed by atoms with Gasteiger partial charge in [-0.1, -0.05) is 6.92 Å². The summed E-state index contributed by atoms with van der Waals surface area (Å²) in [5.74, 6) is -3.29. The molecule has 2 heterocycles. The van der Waals surface area contributed by atoms with E-state index in [1.807, 2.05) is 7.05 Å². The third kappa shape index (κ3) is 1.89. The fourth-order valence-electron chi connectivity index (χ4n) is 1.80. The van der Waals surface area contributed by atoms with Crippen LogP contribution in [-0.2, 0) is 23.0 Å². The van der Waals surface area contributed by atoms with Crippen molar-refractivity contribution in [3.8, 4) is 0 Å². The van der Waals surface area contributed by atoms with Crippen LogP contribution in [0.1, 0.15) is 21.8 Å². The van der Waals surface area contributed by atoms with Crippen LogP contribution < -0.4 is 0 Å². The van der Waals surface area contributed by atoms with Gasteiger partial charge in [-0.2, -0.15) is 0 Å². The molecule has 2 atom stereocenters. The van der Waals surface area contributed by atoms with E-state index in [1.165, 1.54) is 0 Å². The number of nitrogens with zero attached hydrogens (tertiary/aromatic N) is 2. The minimum atomic E-state index is -1.47. The van der Waals surface area contributed by atoms with Crippen LogP contribution in [0.2, 0.25) is 0 Å². The highest BCUT2D eigenvalue weighted by molar-refractivity contribution is 5.74. The zero-order valence-corrected chi connectivity index (χ0v) is 8.99. The standard InChI is InChI=1S/C11H16N2O2/c1-3-10-8(6-15-11(10)14)4-9-5-12-7-13(9)2/h5,7-8,10H,3-4,6H2,1-2H3/t8-,10-/m0/s1/i8D,10D. The molecule has 2 rings (SSSR count). The van der Waals surface area contributed by atoms with Gasteiger partial charge >= 0.3 is 5.97 Å². The molecule has 0 aromatic carbocycles. The average molecular weight is 210 g/mol. The minimum Gasteiger partial charge on any atom is -0.465 e. The first-order valence-electron chi connectivity index (χ1n) is 6.05. The van der Waals surface area contributed by atoms with Crippen molar-refractivity contribution in [1.82, 2.24) is 9.55 Å². The van der Waals surface area contributed by atoms with E-state index in [2.05, 4.69) is 4.98 Å². The molecule has 4 heteroatoms. The summed E-state index contributed by atoms with van der Waals surface area (Å²) in [7, 11) is 1.83. The Balaban J connectivity index is 2.31. The molecular formula is C11H16N2O2. The summed E-state index contributed by atoms with van der Waals surface area (Å²) >= 11 is 0. The fourth-order valence-corrected chi connectivity index (χ4v) is 1.80. The van der Waals surface area contributed by atoms with Crippen molar-refractivity contribution in [2.45, 2.75) is 19.8 Å². The lowest BCUT2D eigenvalue weighted by Gasteiger charge is -2.12. The SMILES string of the molecule is [2H][C@]1(Cc2cncn2C)COC(=O)[C@@]1([2H])CC. The Bertz CT molecular complexity index is 448. The monoisotopic (exact) mass is 210 g/mol. The maximum atomic E-state index is 11.6. The van der Waals surface area contributed by atoms with Gasteiger partial charge in [0.25, 0.3) is 0 Å². The molecule has 1 saturated heterocycles. The van der Waals surface area contributed by atoms with Gasteiger partial charge in [-0.3, -0.25) is 4.79 Å². The molecule has 0 saturated carbocycles. The molecule has 1 aliphatic heterocycles. The lowest BCUT2D eigenvalue weighted by Crippen LogP contribution is -2.18. The summed E-state index contributed by atoms with van der Waals surface area (Å²) in [6, 6.07) is 0. The second kappa shape index (κ2) is 4.04. The number of ether oxygens (including phenoxy) is 1. The first-order chi connectivity index (χ1) is 7.93. The largest absolute Gasteiger partial charge is 0.465 e. The molecule has 15 heavy (non-hydrogen) atoms. The zero-order valence-electron chi connectivity index (χ0n) is 11.0. The number of esters is 1. The van der Waals surface area contributed by atoms with E-state index in [1.54, 1.807) is 24.0 Å². The molecule has 82 valence electrons. The molecule has 1 aromatic rings. The van der Waals surface area contributed by atoms with Crippen molar-refractivity contribution in [2.75, 3.05) is 6.61 Å². The summed E-state index contributed by atoms with van der Waals surface area (Å²) < 4.78 is 23.3. The Morgan fingerprint density at radius 2 is 2.60 bits per heavy atom. The van der Waals surface area contributed by atoms with E-state index >= 15 is 0 Å². The van der Waals surface area contributed by atoms with Crippen LogP contribution in [0.3, 0.4) is 0 Å². The molecule has 0 spiro atoms. The van der Waals surface area contributed by atoms with Gasteiger partial charge < -0.3 is 9.30 Å². The molecule has 1 aliphatic rings. The molecule has 1 fully saturated rings. The summed E-state index contributed by atoms with van der Waals surface area (Å²) in [6.45, 7) is 1.72. The highest BCUT2D eigenvalue weighted by atomic mass is 16.5. The molecule has 0 radical (unpaired) electrons. The molecular weight excluding hydrogens is 192 g/mol. The van der Waals surface area contributed by atoms with Crippen LogP contribution >= 0.6 is 0 Å². The Hall–Kier alpha value is -1.32. The van der Waals surface area contributed by atoms with Crippen LogP contribution in [-0.4, -0.2) is 22.1 Å². The van der Waals surface area contributed by atoms with Crippen LogP contribution in [0.15, 0.2) is 12.5 Å². The van der Waals surface area contributed by atoms with Crippen molar-refractivity contribution in [2.24, 2.45) is 18.8 Å². The van der Waals surface area contributed by atoms with Gasteiger partial charge in [0.1, 0.15) is 0 Å². The van der Waals surface area contributed by atoms with E-state index in [-0.39, 0.29) is 13.0 Å². The normalized spacial score (nSPS) is 37.3. The number of cyclic esters (lactones) is 1. The first kappa shape index (κ1) is 7.91. The van der Waals surface area contributed by atoms with Gasteiger partial charge in [0.2, 0.25) is 0 Å². The second-order valence-corrected chi connectivity index (χ2v) is 3.68. The number of rotatable bonds is 3. The Kier molecular flexibility index (Phi) is 2.13. The van der Waals surface area contributed by atoms with Crippen LogP contribution in [0.4, 0.5) is 0 Å². The second-order valence-electron chi connectivity index (χ2n) is 3.68. The Morgan fingerprint density at radius 3 is 3.20 bits per heavy atom. The van der Waals surface area contributed by atoms with Gasteiger partial charge in [0.15, 0.2) is 0 Å². The van der Waals surface area contributed by atoms with Gasteiger partial charge in [-0.05, 0) is 12.8 Å². The van der Waals surface area contributed by atoms with Crippen molar-refractivity contribution >= 4 is 5.97 Å². The fraction of sp³-hybridized carbons (Fsp3) is 0.636. The zero-order chi connectivity index (χ0) is 12.7. The number of carbonyl (C=O) groups is 1. The number of hydrogen-bond acceptors (Lipinski definition) is 3. The van der Waals surface area contributed by atoms with E-state index in [0.29, 0.717) is 6.42 Å². The first-order valence-corrected chi connectivity index (χ1v) is 5.05. The molecule has 1 aromatic heterocycles. The van der Waals surface area contributed by atoms with E-state index < -0.39 is 17.8 Å². The quantitative estimate of drug-likeness (QED) is 0.703. The summed E-state index contributed by atoms with van der Waals surface area (Å²) in [4.78, 5) is 15.6. The minimum absolute atomic E-state index is 0.0195. The van der Waals surface area contributed by atoms with E-state index in [4.69, 9.17) is 7.48 Å². The van der Waals surface area contributed by atoms with Crippen LogP contribution in [0.5, 0.6) is 0 Å². The smallest absolute Gasteiger partial charge is 0.309 e. The Morgan fingerprint density at radius 1 is 1.80 bits per heavy atom. The van der Waals surface area contributed by atoms with Gasteiger partial charge in [0, 0.05) is 27.6 Å². The highest BCUT2D eigenvalue weighted by Gasteiger charge is 2.35. The third-order valence-electron chi connectivity index (χ3n) is 2.72. The molecule has 4 nitrogen and oxygen atoms in total. The molecule has 0 N–H and O–H groups in total. The van der Waals surface area contributed by atoms with Crippen molar-refractivity contribution in [3.05, 3.63) is 18.2 Å². The maximum absolute atomic E-state index is 11.6. The molecule has 0 unspecified atom stereocenters. The third-order valence-corrected chi connectivity index (χ3v) is 2.72. The number of aryl methyl sites for hydroxylation is 1. The number of carbonyl (C=O) groups excluding carboxylic acids is 1. The van der Waals surface area contributed by atoms with Gasteiger partial charge in [-0.15, -0.1) is 0 Å². The number of hydrogen-bond donors (Lipinski definition) is 0. The van der Waals surface area contributed by atoms with Crippen molar-refractivity contribution < 1.29 is 12.3 Å². The average Bonchev–Trinajstić information content (AvgIpc) is 2.78. The highest BCUT2D eigenvalue weighted by Crippen LogP contribution is 2.27. The summed E-state index contributed by atoms with van der Waals surface area (Å²) in [5.41, 5.74) is 0.836. The van der Waals surface area contributed by atoms with E-state index in [0.717, 1.165) is 5.69 Å². The van der Waals surface area contributed by atoms with Crippen LogP contribution in [0.25, 0.3) is 0 Å². The predicted molar refractivity (Wildman–Crippen MR) is 55.1 cm³/mol. The van der Waals surface area contributed by atoms with Gasteiger partial charge in [0.05, 0.1) is 18.8 Å². The number of aromatic nitrogens is 2. The molecule has 0 amide bonds. The lowest BCUT2D eigenvalue weighted by molar-refractivity contribution is -0.141. The summed E-state index contributed by atoms with van der Waals surface area (Å²) in [5, 5.41) is 0.